The number of halogens is 2. The molecule has 0 aliphatic heterocycles. The molecule has 0 radical (unpaired) electrons. The Bertz CT molecular complexity index is 705. The predicted octanol–water partition coefficient (Wildman–Crippen LogP) is 4.85. The Kier molecular flexibility index (Phi) is 7.76. The van der Waals surface area contributed by atoms with Gasteiger partial charge in [-0.15, -0.1) is 0 Å². The molecule has 1 aliphatic rings. The molecule has 5 heteroatoms. The van der Waals surface area contributed by atoms with Crippen molar-refractivity contribution in [2.45, 2.75) is 51.4 Å². The van der Waals surface area contributed by atoms with Crippen molar-refractivity contribution < 1.29 is 18.6 Å². The SMILES string of the molecule is C[C@@H]1[C@H](C)CCC[C@@H]1NC[C@H](O)COC(c1ccc(F)cc1)c1ccc(F)cc1. The van der Waals surface area contributed by atoms with E-state index in [0.717, 1.165) is 17.5 Å². The Morgan fingerprint density at radius 3 is 2.07 bits per heavy atom. The number of aliphatic hydroxyl groups is 1. The summed E-state index contributed by atoms with van der Waals surface area (Å²) >= 11 is 0. The first-order chi connectivity index (χ1) is 13.9. The molecular weight excluding hydrogens is 372 g/mol. The molecule has 0 bridgehead atoms. The Morgan fingerprint density at radius 2 is 1.52 bits per heavy atom. The van der Waals surface area contributed by atoms with Gasteiger partial charge < -0.3 is 15.2 Å². The van der Waals surface area contributed by atoms with Gasteiger partial charge in [0.25, 0.3) is 0 Å². The molecule has 158 valence electrons. The lowest BCUT2D eigenvalue weighted by Crippen LogP contribution is -2.44. The number of hydrogen-bond acceptors (Lipinski definition) is 3. The van der Waals surface area contributed by atoms with Crippen molar-refractivity contribution in [3.05, 3.63) is 71.3 Å². The van der Waals surface area contributed by atoms with E-state index in [0.29, 0.717) is 24.4 Å². The molecule has 0 amide bonds. The summed E-state index contributed by atoms with van der Waals surface area (Å²) in [5.74, 6) is 0.623. The van der Waals surface area contributed by atoms with Crippen LogP contribution in [0.4, 0.5) is 8.78 Å². The number of hydrogen-bond donors (Lipinski definition) is 2. The number of ether oxygens (including phenoxy) is 1. The second-order valence-corrected chi connectivity index (χ2v) is 8.25. The third-order valence-corrected chi connectivity index (χ3v) is 6.12. The van der Waals surface area contributed by atoms with E-state index in [2.05, 4.69) is 19.2 Å². The van der Waals surface area contributed by atoms with E-state index in [9.17, 15) is 13.9 Å². The van der Waals surface area contributed by atoms with Crippen molar-refractivity contribution in [2.75, 3.05) is 13.2 Å². The minimum Gasteiger partial charge on any atom is -0.389 e. The lowest BCUT2D eigenvalue weighted by Gasteiger charge is -2.35. The van der Waals surface area contributed by atoms with Gasteiger partial charge in [-0.2, -0.15) is 0 Å². The van der Waals surface area contributed by atoms with E-state index < -0.39 is 12.2 Å². The van der Waals surface area contributed by atoms with Gasteiger partial charge >= 0.3 is 0 Å². The summed E-state index contributed by atoms with van der Waals surface area (Å²) in [6.07, 6.45) is 2.45. The van der Waals surface area contributed by atoms with Crippen LogP contribution in [0, 0.1) is 23.5 Å². The zero-order chi connectivity index (χ0) is 20.8. The van der Waals surface area contributed by atoms with Crippen LogP contribution in [0.25, 0.3) is 0 Å². The van der Waals surface area contributed by atoms with Gasteiger partial charge in [0, 0.05) is 12.6 Å². The average molecular weight is 404 g/mol. The van der Waals surface area contributed by atoms with Gasteiger partial charge in [-0.25, -0.2) is 8.78 Å². The minimum absolute atomic E-state index is 0.128. The normalized spacial score (nSPS) is 23.3. The first kappa shape index (κ1) is 21.9. The highest BCUT2D eigenvalue weighted by Gasteiger charge is 2.27. The van der Waals surface area contributed by atoms with Crippen LogP contribution in [0.5, 0.6) is 0 Å². The van der Waals surface area contributed by atoms with Crippen LogP contribution in [0.15, 0.2) is 48.5 Å². The maximum atomic E-state index is 13.3. The van der Waals surface area contributed by atoms with Crippen LogP contribution < -0.4 is 5.32 Å². The fraction of sp³-hybridized carbons (Fsp3) is 0.500. The Labute approximate surface area is 172 Å². The quantitative estimate of drug-likeness (QED) is 0.662. The topological polar surface area (TPSA) is 41.5 Å². The predicted molar refractivity (Wildman–Crippen MR) is 111 cm³/mol. The van der Waals surface area contributed by atoms with E-state index in [4.69, 9.17) is 4.74 Å². The molecule has 3 nitrogen and oxygen atoms in total. The number of rotatable bonds is 8. The third-order valence-electron chi connectivity index (χ3n) is 6.12. The van der Waals surface area contributed by atoms with Crippen LogP contribution in [0.2, 0.25) is 0 Å². The summed E-state index contributed by atoms with van der Waals surface area (Å²) in [4.78, 5) is 0. The molecular formula is C24H31F2NO2. The van der Waals surface area contributed by atoms with E-state index in [1.807, 2.05) is 0 Å². The van der Waals surface area contributed by atoms with E-state index >= 15 is 0 Å². The summed E-state index contributed by atoms with van der Waals surface area (Å²) in [5, 5.41) is 13.9. The van der Waals surface area contributed by atoms with Crippen LogP contribution in [-0.4, -0.2) is 30.4 Å². The summed E-state index contributed by atoms with van der Waals surface area (Å²) in [5.41, 5.74) is 1.51. The van der Waals surface area contributed by atoms with Crippen molar-refractivity contribution in [1.29, 1.82) is 0 Å². The molecule has 2 aromatic carbocycles. The molecule has 1 fully saturated rings. The van der Waals surface area contributed by atoms with Gasteiger partial charge in [0.1, 0.15) is 17.7 Å². The molecule has 1 saturated carbocycles. The number of aliphatic hydroxyl groups excluding tert-OH is 1. The summed E-state index contributed by atoms with van der Waals surface area (Å²) in [7, 11) is 0. The number of nitrogens with one attached hydrogen (secondary N) is 1. The van der Waals surface area contributed by atoms with Crippen molar-refractivity contribution in [3.8, 4) is 0 Å². The molecule has 0 spiro atoms. The lowest BCUT2D eigenvalue weighted by molar-refractivity contribution is 0.00383. The van der Waals surface area contributed by atoms with E-state index in [1.165, 1.54) is 37.1 Å². The largest absolute Gasteiger partial charge is 0.389 e. The standard InChI is InChI=1S/C24H31F2NO2/c1-16-4-3-5-23(17(16)2)27-14-22(28)15-29-24(18-6-10-20(25)11-7-18)19-8-12-21(26)13-9-19/h6-13,16-17,22-24,27-28H,3-5,14-15H2,1-2H3/t16-,17-,22+,23+/m1/s1. The van der Waals surface area contributed by atoms with Crippen LogP contribution in [-0.2, 0) is 4.74 Å². The van der Waals surface area contributed by atoms with Crippen LogP contribution in [0.3, 0.4) is 0 Å². The fourth-order valence-electron chi connectivity index (χ4n) is 4.08. The summed E-state index contributed by atoms with van der Waals surface area (Å²) in [6.45, 7) is 5.14. The lowest BCUT2D eigenvalue weighted by atomic mass is 9.78. The van der Waals surface area contributed by atoms with Crippen LogP contribution in [0.1, 0.15) is 50.3 Å². The van der Waals surface area contributed by atoms with Crippen LogP contribution >= 0.6 is 0 Å². The molecule has 0 unspecified atom stereocenters. The molecule has 2 N–H and O–H groups in total. The van der Waals surface area contributed by atoms with Gasteiger partial charge in [-0.05, 0) is 53.6 Å². The molecule has 0 saturated heterocycles. The van der Waals surface area contributed by atoms with Gasteiger partial charge in [0.15, 0.2) is 0 Å². The minimum atomic E-state index is -0.664. The highest BCUT2D eigenvalue weighted by molar-refractivity contribution is 5.30. The third kappa shape index (κ3) is 6.08. The van der Waals surface area contributed by atoms with E-state index in [-0.39, 0.29) is 18.2 Å². The Hall–Kier alpha value is -1.82. The molecule has 0 heterocycles. The highest BCUT2D eigenvalue weighted by Crippen LogP contribution is 2.30. The maximum absolute atomic E-state index is 13.3. The summed E-state index contributed by atoms with van der Waals surface area (Å²) < 4.78 is 32.6. The zero-order valence-corrected chi connectivity index (χ0v) is 17.2. The van der Waals surface area contributed by atoms with Gasteiger partial charge in [0.2, 0.25) is 0 Å². The smallest absolute Gasteiger partial charge is 0.123 e. The van der Waals surface area contributed by atoms with Crippen molar-refractivity contribution in [2.24, 2.45) is 11.8 Å². The van der Waals surface area contributed by atoms with E-state index in [1.54, 1.807) is 24.3 Å². The average Bonchev–Trinajstić information content (AvgIpc) is 2.71. The molecule has 4 atom stereocenters. The molecule has 2 aromatic rings. The molecule has 1 aliphatic carbocycles. The number of benzene rings is 2. The van der Waals surface area contributed by atoms with Crippen molar-refractivity contribution >= 4 is 0 Å². The zero-order valence-electron chi connectivity index (χ0n) is 17.2. The first-order valence-electron chi connectivity index (χ1n) is 10.5. The molecule has 29 heavy (non-hydrogen) atoms. The summed E-state index contributed by atoms with van der Waals surface area (Å²) in [6, 6.07) is 12.5. The van der Waals surface area contributed by atoms with Gasteiger partial charge in [-0.3, -0.25) is 0 Å². The van der Waals surface area contributed by atoms with Crippen molar-refractivity contribution in [3.63, 3.8) is 0 Å². The second-order valence-electron chi connectivity index (χ2n) is 8.25. The highest BCUT2D eigenvalue weighted by atomic mass is 19.1. The fourth-order valence-corrected chi connectivity index (χ4v) is 4.08. The molecule has 0 aromatic heterocycles. The van der Waals surface area contributed by atoms with Crippen molar-refractivity contribution in [1.82, 2.24) is 5.32 Å². The first-order valence-corrected chi connectivity index (χ1v) is 10.5. The molecule has 3 rings (SSSR count). The van der Waals surface area contributed by atoms with Gasteiger partial charge in [0.05, 0.1) is 12.7 Å². The Morgan fingerprint density at radius 1 is 0.966 bits per heavy atom. The second kappa shape index (κ2) is 10.3. The monoisotopic (exact) mass is 403 g/mol. The van der Waals surface area contributed by atoms with Gasteiger partial charge in [-0.1, -0.05) is 51.0 Å². The maximum Gasteiger partial charge on any atom is 0.123 e. The Balaban J connectivity index is 1.60.